The van der Waals surface area contributed by atoms with Gasteiger partial charge in [-0.15, -0.1) is 0 Å². The SMILES string of the molecule is C.CC(C#N)C(=O)O.CCOC(=O)c1cnc2[nH]ccc2c1N[C@H]1CN(C(=O)C(C)C#N)CC[C@H]1C.CCOC(=O)c1cnc2[nH]ccc2c1N[C@H]1CNCC[C@H]1C. The molecule has 312 valence electrons. The zero-order valence-corrected chi connectivity index (χ0v) is 33.2. The highest BCUT2D eigenvalue weighted by molar-refractivity contribution is 6.05. The van der Waals surface area contributed by atoms with Crippen LogP contribution >= 0.6 is 0 Å². The van der Waals surface area contributed by atoms with Gasteiger partial charge in [-0.3, -0.25) is 9.59 Å². The molecule has 0 aromatic carbocycles. The van der Waals surface area contributed by atoms with Crippen molar-refractivity contribution in [3.63, 3.8) is 0 Å². The molecule has 2 unspecified atom stereocenters. The normalized spacial score (nSPS) is 19.6. The largest absolute Gasteiger partial charge is 0.480 e. The Kier molecular flexibility index (Phi) is 17.5. The van der Waals surface area contributed by atoms with Crippen LogP contribution in [-0.4, -0.2) is 105 Å². The van der Waals surface area contributed by atoms with E-state index in [-0.39, 0.29) is 38.0 Å². The number of aromatic nitrogens is 4. The van der Waals surface area contributed by atoms with Crippen LogP contribution in [0.15, 0.2) is 36.9 Å². The highest BCUT2D eigenvalue weighted by atomic mass is 16.5. The quantitative estimate of drug-likeness (QED) is 0.107. The first kappa shape index (κ1) is 46.2. The van der Waals surface area contributed by atoms with Gasteiger partial charge in [0.2, 0.25) is 5.91 Å². The summed E-state index contributed by atoms with van der Waals surface area (Å²) < 4.78 is 10.4. The zero-order valence-electron chi connectivity index (χ0n) is 33.2. The summed E-state index contributed by atoms with van der Waals surface area (Å²) in [4.78, 5) is 63.3. The predicted molar refractivity (Wildman–Crippen MR) is 220 cm³/mol. The van der Waals surface area contributed by atoms with Crippen molar-refractivity contribution in [2.24, 2.45) is 23.7 Å². The molecule has 17 heteroatoms. The number of esters is 2. The third-order valence-electron chi connectivity index (χ3n) is 10.0. The first-order valence-electron chi connectivity index (χ1n) is 19.2. The van der Waals surface area contributed by atoms with Crippen LogP contribution in [0.1, 0.15) is 82.5 Å². The number of piperidine rings is 2. The number of hydrogen-bond donors (Lipinski definition) is 6. The molecule has 4 aromatic heterocycles. The van der Waals surface area contributed by atoms with E-state index in [1.165, 1.54) is 13.1 Å². The molecule has 6 N–H and O–H groups in total. The number of amides is 1. The van der Waals surface area contributed by atoms with E-state index in [2.05, 4.69) is 49.7 Å². The molecule has 0 bridgehead atoms. The van der Waals surface area contributed by atoms with Gasteiger partial charge in [0.1, 0.15) is 34.3 Å². The Morgan fingerprint density at radius 1 is 0.862 bits per heavy atom. The Labute approximate surface area is 338 Å². The first-order valence-corrected chi connectivity index (χ1v) is 19.2. The lowest BCUT2D eigenvalue weighted by atomic mass is 9.92. The highest BCUT2D eigenvalue weighted by Gasteiger charge is 2.32. The molecule has 0 spiro atoms. The fraction of sp³-hybridized carbons (Fsp3) is 0.512. The number of fused-ring (bicyclic) bond motifs is 2. The number of hydrogen-bond acceptors (Lipinski definition) is 13. The molecule has 4 aromatic rings. The predicted octanol–water partition coefficient (Wildman–Crippen LogP) is 5.56. The lowest BCUT2D eigenvalue weighted by Gasteiger charge is -2.38. The van der Waals surface area contributed by atoms with Gasteiger partial charge in [-0.1, -0.05) is 21.3 Å². The summed E-state index contributed by atoms with van der Waals surface area (Å²) in [5, 5.41) is 37.0. The van der Waals surface area contributed by atoms with Gasteiger partial charge in [-0.25, -0.2) is 19.6 Å². The Morgan fingerprint density at radius 2 is 1.36 bits per heavy atom. The number of pyridine rings is 2. The number of nitriles is 2. The molecule has 0 radical (unpaired) electrons. The van der Waals surface area contributed by atoms with Gasteiger partial charge in [0, 0.05) is 67.3 Å². The molecule has 0 saturated carbocycles. The number of anilines is 2. The van der Waals surface area contributed by atoms with Gasteiger partial charge in [0.15, 0.2) is 0 Å². The van der Waals surface area contributed by atoms with Crippen LogP contribution in [0.5, 0.6) is 0 Å². The molecular weight excluding hydrogens is 745 g/mol. The molecule has 1 amide bonds. The van der Waals surface area contributed by atoms with E-state index in [0.717, 1.165) is 48.0 Å². The number of rotatable bonds is 10. The van der Waals surface area contributed by atoms with E-state index in [1.54, 1.807) is 44.1 Å². The lowest BCUT2D eigenvalue weighted by molar-refractivity contribution is -0.139. The number of nitrogens with zero attached hydrogens (tertiary/aromatic N) is 5. The Balaban J connectivity index is 0.000000268. The minimum absolute atomic E-state index is 0. The number of nitrogens with one attached hydrogen (secondary N) is 5. The van der Waals surface area contributed by atoms with Gasteiger partial charge in [0.05, 0.1) is 36.7 Å². The monoisotopic (exact) mass is 800 g/mol. The van der Waals surface area contributed by atoms with Crippen LogP contribution in [0, 0.1) is 46.3 Å². The van der Waals surface area contributed by atoms with Crippen molar-refractivity contribution in [1.82, 2.24) is 30.2 Å². The second-order valence-electron chi connectivity index (χ2n) is 14.1. The van der Waals surface area contributed by atoms with Crippen molar-refractivity contribution < 1.29 is 33.8 Å². The Morgan fingerprint density at radius 3 is 1.81 bits per heavy atom. The number of carbonyl (C=O) groups is 4. The maximum absolute atomic E-state index is 12.5. The number of H-pyrrole nitrogens is 2. The number of carboxylic acids is 1. The van der Waals surface area contributed by atoms with Gasteiger partial charge < -0.3 is 45.4 Å². The van der Waals surface area contributed by atoms with E-state index in [4.69, 9.17) is 25.1 Å². The van der Waals surface area contributed by atoms with E-state index >= 15 is 0 Å². The van der Waals surface area contributed by atoms with E-state index in [9.17, 15) is 19.2 Å². The number of carboxylic acid groups (broad SMARTS) is 1. The summed E-state index contributed by atoms with van der Waals surface area (Å²) in [5.41, 5.74) is 3.77. The fourth-order valence-electron chi connectivity index (χ4n) is 6.45. The van der Waals surface area contributed by atoms with Crippen molar-refractivity contribution >= 4 is 57.3 Å². The molecule has 2 aliphatic heterocycles. The van der Waals surface area contributed by atoms with Gasteiger partial charge in [-0.05, 0) is 71.0 Å². The van der Waals surface area contributed by atoms with Crippen molar-refractivity contribution in [3.8, 4) is 12.1 Å². The summed E-state index contributed by atoms with van der Waals surface area (Å²) in [6.45, 7) is 14.5. The molecule has 6 rings (SSSR count). The van der Waals surface area contributed by atoms with Crippen molar-refractivity contribution in [3.05, 3.63) is 48.0 Å². The molecule has 17 nitrogen and oxygen atoms in total. The molecule has 2 saturated heterocycles. The Bertz CT molecular complexity index is 2100. The smallest absolute Gasteiger partial charge is 0.341 e. The number of aliphatic carboxylic acids is 1. The number of carbonyl (C=O) groups excluding carboxylic acids is 3. The standard InChI is InChI=1S/C20H25N5O3.C16H22N4O2.C4H5NO2.CH4/c1-4-28-20(27)15-10-23-18-14(5-7-22-18)17(15)24-16-11-25(8-6-12(16)2)19(26)13(3)9-21;1-3-22-16(21)12-8-19-15-11(5-7-18-15)14(12)20-13-9-17-6-4-10(13)2;1-3(2-5)4(6)7;/h5,7,10,12-13,16H,4,6,8,11H2,1-3H3,(H2,22,23,24);5,7-8,10,13,17H,3-4,6,9H2,1-2H3,(H2,18,19,20);3H,1H3,(H,6,7);1H4/t12-,13?,16+;10-,13+;;/m11../s1. The Hall–Kier alpha value is -6.20. The second-order valence-corrected chi connectivity index (χ2v) is 14.1. The number of aromatic amines is 2. The average molecular weight is 801 g/mol. The van der Waals surface area contributed by atoms with Crippen LogP contribution in [0.25, 0.3) is 22.1 Å². The summed E-state index contributed by atoms with van der Waals surface area (Å²) in [6, 6.07) is 7.60. The van der Waals surface area contributed by atoms with Crippen LogP contribution in [-0.2, 0) is 19.1 Å². The summed E-state index contributed by atoms with van der Waals surface area (Å²) in [6.07, 6.45) is 8.63. The molecule has 2 aliphatic rings. The van der Waals surface area contributed by atoms with Crippen molar-refractivity contribution in [2.45, 2.75) is 73.9 Å². The van der Waals surface area contributed by atoms with E-state index in [1.807, 2.05) is 24.4 Å². The highest BCUT2D eigenvalue weighted by Crippen LogP contribution is 2.31. The minimum Gasteiger partial charge on any atom is -0.480 e. The molecule has 6 heterocycles. The number of ether oxygens (including phenoxy) is 2. The topological polar surface area (TPSA) is 251 Å². The van der Waals surface area contributed by atoms with Gasteiger partial charge in [0.25, 0.3) is 0 Å². The van der Waals surface area contributed by atoms with E-state index < -0.39 is 23.8 Å². The fourth-order valence-corrected chi connectivity index (χ4v) is 6.45. The molecular formula is C41H56N10O7. The van der Waals surface area contributed by atoms with Crippen molar-refractivity contribution in [2.75, 3.05) is 50.0 Å². The van der Waals surface area contributed by atoms with Crippen LogP contribution < -0.4 is 16.0 Å². The minimum atomic E-state index is -1.07. The average Bonchev–Trinajstić information content (AvgIpc) is 3.90. The number of likely N-dealkylation sites (tertiary alicyclic amines) is 1. The first-order chi connectivity index (χ1) is 27.3. The molecule has 58 heavy (non-hydrogen) atoms. The zero-order chi connectivity index (χ0) is 41.6. The van der Waals surface area contributed by atoms with Crippen LogP contribution in [0.4, 0.5) is 11.4 Å². The van der Waals surface area contributed by atoms with Gasteiger partial charge >= 0.3 is 17.9 Å². The second kappa shape index (κ2) is 21.9. The summed E-state index contributed by atoms with van der Waals surface area (Å²) >= 11 is 0. The van der Waals surface area contributed by atoms with Gasteiger partial charge in [-0.2, -0.15) is 10.5 Å². The third kappa shape index (κ3) is 11.4. The lowest BCUT2D eigenvalue weighted by Crippen LogP contribution is -2.50. The summed E-state index contributed by atoms with van der Waals surface area (Å²) in [5.74, 6) is -2.71. The maximum atomic E-state index is 12.5. The molecule has 6 atom stereocenters. The van der Waals surface area contributed by atoms with E-state index in [0.29, 0.717) is 54.0 Å². The van der Waals surface area contributed by atoms with Crippen LogP contribution in [0.2, 0.25) is 0 Å². The van der Waals surface area contributed by atoms with Crippen LogP contribution in [0.3, 0.4) is 0 Å². The molecule has 2 fully saturated rings. The molecule has 0 aliphatic carbocycles. The van der Waals surface area contributed by atoms with Crippen molar-refractivity contribution in [1.29, 1.82) is 10.5 Å². The maximum Gasteiger partial charge on any atom is 0.341 e. The third-order valence-corrected chi connectivity index (χ3v) is 10.0. The summed E-state index contributed by atoms with van der Waals surface area (Å²) in [7, 11) is 0.